The first-order valence-corrected chi connectivity index (χ1v) is 12.1. The van der Waals surface area contributed by atoms with Gasteiger partial charge in [0, 0.05) is 38.7 Å². The SMILES string of the molecule is CC1(C)c2ccccc2-c2ccc(Nc3ccccc3-c3cccc4c3oc3ccccc34)cc21. The van der Waals surface area contributed by atoms with Gasteiger partial charge in [0.1, 0.15) is 11.2 Å². The van der Waals surface area contributed by atoms with Gasteiger partial charge in [0.15, 0.2) is 0 Å². The first-order valence-electron chi connectivity index (χ1n) is 12.1. The first-order chi connectivity index (χ1) is 17.1. The Morgan fingerprint density at radius 1 is 0.571 bits per heavy atom. The molecule has 6 aromatic rings. The van der Waals surface area contributed by atoms with E-state index in [4.69, 9.17) is 4.42 Å². The third-order valence-electron chi connectivity index (χ3n) is 7.48. The summed E-state index contributed by atoms with van der Waals surface area (Å²) in [6, 6.07) is 38.6. The van der Waals surface area contributed by atoms with E-state index in [9.17, 15) is 0 Å². The number of benzene rings is 5. The van der Waals surface area contributed by atoms with Gasteiger partial charge in [-0.1, -0.05) is 98.8 Å². The minimum absolute atomic E-state index is 0.0248. The van der Waals surface area contributed by atoms with Gasteiger partial charge in [-0.05, 0) is 46.5 Å². The molecule has 5 aromatic carbocycles. The predicted octanol–water partition coefficient (Wildman–Crippen LogP) is 9.30. The third kappa shape index (κ3) is 2.96. The molecular weight excluding hydrogens is 426 g/mol. The zero-order valence-electron chi connectivity index (χ0n) is 19.8. The van der Waals surface area contributed by atoms with Crippen molar-refractivity contribution in [1.82, 2.24) is 0 Å². The molecule has 0 aliphatic heterocycles. The highest BCUT2D eigenvalue weighted by Crippen LogP contribution is 2.49. The molecule has 0 spiro atoms. The van der Waals surface area contributed by atoms with Gasteiger partial charge < -0.3 is 9.73 Å². The normalized spacial score (nSPS) is 13.7. The third-order valence-corrected chi connectivity index (χ3v) is 7.48. The summed E-state index contributed by atoms with van der Waals surface area (Å²) in [6.45, 7) is 4.63. The molecule has 1 N–H and O–H groups in total. The van der Waals surface area contributed by atoms with Gasteiger partial charge >= 0.3 is 0 Å². The number of hydrogen-bond acceptors (Lipinski definition) is 2. The molecule has 2 heteroatoms. The first kappa shape index (κ1) is 20.1. The monoisotopic (exact) mass is 451 g/mol. The summed E-state index contributed by atoms with van der Waals surface area (Å²) < 4.78 is 6.34. The lowest BCUT2D eigenvalue weighted by atomic mass is 9.82. The van der Waals surface area contributed by atoms with E-state index >= 15 is 0 Å². The number of furan rings is 1. The van der Waals surface area contributed by atoms with Crippen molar-refractivity contribution in [2.45, 2.75) is 19.3 Å². The van der Waals surface area contributed by atoms with E-state index in [1.54, 1.807) is 0 Å². The van der Waals surface area contributed by atoms with Gasteiger partial charge in [-0.2, -0.15) is 0 Å². The predicted molar refractivity (Wildman–Crippen MR) is 146 cm³/mol. The van der Waals surface area contributed by atoms with Gasteiger partial charge in [0.05, 0.1) is 0 Å². The average Bonchev–Trinajstić information content (AvgIpc) is 3.38. The molecule has 2 nitrogen and oxygen atoms in total. The summed E-state index contributed by atoms with van der Waals surface area (Å²) in [5, 5.41) is 6.01. The van der Waals surface area contributed by atoms with Crippen molar-refractivity contribution >= 4 is 33.3 Å². The maximum Gasteiger partial charge on any atom is 0.143 e. The van der Waals surface area contributed by atoms with E-state index in [1.165, 1.54) is 22.3 Å². The Hall–Kier alpha value is -4.30. The number of para-hydroxylation sites is 3. The Morgan fingerprint density at radius 3 is 2.17 bits per heavy atom. The van der Waals surface area contributed by atoms with Gasteiger partial charge in [-0.15, -0.1) is 0 Å². The van der Waals surface area contributed by atoms with Crippen molar-refractivity contribution in [1.29, 1.82) is 0 Å². The lowest BCUT2D eigenvalue weighted by Gasteiger charge is -2.22. The number of nitrogens with one attached hydrogen (secondary N) is 1. The molecule has 1 aliphatic rings. The van der Waals surface area contributed by atoms with Crippen molar-refractivity contribution in [3.8, 4) is 22.3 Å². The van der Waals surface area contributed by atoms with Crippen LogP contribution in [-0.4, -0.2) is 0 Å². The fourth-order valence-corrected chi connectivity index (χ4v) is 5.72. The molecule has 7 rings (SSSR count). The van der Waals surface area contributed by atoms with Crippen molar-refractivity contribution in [3.05, 3.63) is 120 Å². The van der Waals surface area contributed by atoms with Crippen molar-refractivity contribution in [2.75, 3.05) is 5.32 Å². The topological polar surface area (TPSA) is 25.2 Å². The zero-order chi connectivity index (χ0) is 23.6. The average molecular weight is 452 g/mol. The van der Waals surface area contributed by atoms with E-state index in [-0.39, 0.29) is 5.41 Å². The highest BCUT2D eigenvalue weighted by atomic mass is 16.3. The van der Waals surface area contributed by atoms with Gasteiger partial charge in [-0.3, -0.25) is 0 Å². The fourth-order valence-electron chi connectivity index (χ4n) is 5.72. The molecule has 1 aromatic heterocycles. The van der Waals surface area contributed by atoms with Crippen LogP contribution < -0.4 is 5.32 Å². The molecular formula is C33H25NO. The van der Waals surface area contributed by atoms with E-state index < -0.39 is 0 Å². The molecule has 0 saturated carbocycles. The number of fused-ring (bicyclic) bond motifs is 6. The molecule has 1 heterocycles. The molecule has 0 atom stereocenters. The van der Waals surface area contributed by atoms with E-state index in [0.717, 1.165) is 44.4 Å². The van der Waals surface area contributed by atoms with Crippen molar-refractivity contribution in [3.63, 3.8) is 0 Å². The largest absolute Gasteiger partial charge is 0.455 e. The molecule has 35 heavy (non-hydrogen) atoms. The molecule has 0 radical (unpaired) electrons. The maximum atomic E-state index is 6.34. The highest BCUT2D eigenvalue weighted by Gasteiger charge is 2.35. The van der Waals surface area contributed by atoms with Crippen LogP contribution in [0, 0.1) is 0 Å². The molecule has 0 amide bonds. The van der Waals surface area contributed by atoms with Crippen LogP contribution in [-0.2, 0) is 5.41 Å². The number of hydrogen-bond donors (Lipinski definition) is 1. The second-order valence-corrected chi connectivity index (χ2v) is 9.88. The molecule has 1 aliphatic carbocycles. The highest BCUT2D eigenvalue weighted by molar-refractivity contribution is 6.10. The van der Waals surface area contributed by atoms with E-state index in [1.807, 2.05) is 12.1 Å². The van der Waals surface area contributed by atoms with Gasteiger partial charge in [-0.25, -0.2) is 0 Å². The van der Waals surface area contributed by atoms with Crippen molar-refractivity contribution < 1.29 is 4.42 Å². The molecule has 0 bridgehead atoms. The van der Waals surface area contributed by atoms with Gasteiger partial charge in [0.2, 0.25) is 0 Å². The Labute approximate surface area is 204 Å². The van der Waals surface area contributed by atoms with Crippen LogP contribution in [0.3, 0.4) is 0 Å². The maximum absolute atomic E-state index is 6.34. The molecule has 0 saturated heterocycles. The Balaban J connectivity index is 1.34. The van der Waals surface area contributed by atoms with Crippen LogP contribution in [0.4, 0.5) is 11.4 Å². The van der Waals surface area contributed by atoms with Crippen LogP contribution in [0.5, 0.6) is 0 Å². The number of rotatable bonds is 3. The van der Waals surface area contributed by atoms with Crippen LogP contribution in [0.15, 0.2) is 114 Å². The zero-order valence-corrected chi connectivity index (χ0v) is 19.8. The van der Waals surface area contributed by atoms with E-state index in [2.05, 4.69) is 116 Å². The molecule has 0 fully saturated rings. The summed E-state index contributed by atoms with van der Waals surface area (Å²) in [7, 11) is 0. The standard InChI is InChI=1S/C33H25NO/c1-33(2)28-15-6-3-10-22(28)23-19-18-21(20-29(23)33)34-30-16-7-4-11-24(30)26-13-9-14-27-25-12-5-8-17-31(25)35-32(26)27/h3-20,34H,1-2H3. The minimum atomic E-state index is -0.0248. The minimum Gasteiger partial charge on any atom is -0.455 e. The lowest BCUT2D eigenvalue weighted by Crippen LogP contribution is -2.15. The lowest BCUT2D eigenvalue weighted by molar-refractivity contribution is 0.660. The smallest absolute Gasteiger partial charge is 0.143 e. The van der Waals surface area contributed by atoms with Crippen LogP contribution in [0.2, 0.25) is 0 Å². The Morgan fingerprint density at radius 2 is 1.26 bits per heavy atom. The Bertz CT molecular complexity index is 1750. The van der Waals surface area contributed by atoms with Crippen molar-refractivity contribution in [2.24, 2.45) is 0 Å². The summed E-state index contributed by atoms with van der Waals surface area (Å²) in [5.41, 5.74) is 11.6. The summed E-state index contributed by atoms with van der Waals surface area (Å²) in [6.07, 6.45) is 0. The second kappa shape index (κ2) is 7.35. The summed E-state index contributed by atoms with van der Waals surface area (Å²) in [4.78, 5) is 0. The van der Waals surface area contributed by atoms with Crippen LogP contribution in [0.1, 0.15) is 25.0 Å². The quantitative estimate of drug-likeness (QED) is 0.290. The molecule has 0 unspecified atom stereocenters. The summed E-state index contributed by atoms with van der Waals surface area (Å²) >= 11 is 0. The van der Waals surface area contributed by atoms with Gasteiger partial charge in [0.25, 0.3) is 0 Å². The number of anilines is 2. The Kier molecular flexibility index (Phi) is 4.22. The fraction of sp³-hybridized carbons (Fsp3) is 0.0909. The van der Waals surface area contributed by atoms with Crippen LogP contribution in [0.25, 0.3) is 44.2 Å². The van der Waals surface area contributed by atoms with Crippen LogP contribution >= 0.6 is 0 Å². The van der Waals surface area contributed by atoms with E-state index in [0.29, 0.717) is 0 Å². The summed E-state index contributed by atoms with van der Waals surface area (Å²) in [5.74, 6) is 0. The molecule has 168 valence electrons. The second-order valence-electron chi connectivity index (χ2n) is 9.88.